The summed E-state index contributed by atoms with van der Waals surface area (Å²) in [6.07, 6.45) is 2.10. The molecule has 0 bridgehead atoms. The molecule has 3 rings (SSSR count). The number of fused-ring (bicyclic) bond motifs is 1. The Morgan fingerprint density at radius 2 is 2.33 bits per heavy atom. The Kier molecular flexibility index (Phi) is 4.09. The summed E-state index contributed by atoms with van der Waals surface area (Å²) in [5, 5.41) is 7.10. The molecule has 1 spiro atoms. The van der Waals surface area contributed by atoms with Gasteiger partial charge in [0.05, 0.1) is 7.11 Å². The van der Waals surface area contributed by atoms with Crippen LogP contribution in [0.15, 0.2) is 18.2 Å². The molecule has 1 aromatic rings. The van der Waals surface area contributed by atoms with Crippen molar-refractivity contribution in [3.8, 4) is 11.5 Å². The van der Waals surface area contributed by atoms with E-state index in [1.54, 1.807) is 7.11 Å². The Morgan fingerprint density at radius 3 is 3.05 bits per heavy atom. The second kappa shape index (κ2) is 5.85. The molecule has 3 atom stereocenters. The Balaban J connectivity index is 1.97. The number of hydrogen-bond donors (Lipinski definition) is 2. The van der Waals surface area contributed by atoms with Gasteiger partial charge in [0.15, 0.2) is 0 Å². The predicted octanol–water partition coefficient (Wildman–Crippen LogP) is 2.50. The second-order valence-electron chi connectivity index (χ2n) is 6.24. The first-order valence-corrected chi connectivity index (χ1v) is 7.99. The van der Waals surface area contributed by atoms with Crippen LogP contribution in [0.5, 0.6) is 11.5 Å². The van der Waals surface area contributed by atoms with E-state index in [4.69, 9.17) is 9.47 Å². The molecule has 4 nitrogen and oxygen atoms in total. The molecular weight excluding hydrogens is 264 g/mol. The number of benzene rings is 1. The molecule has 2 aliphatic heterocycles. The maximum Gasteiger partial charge on any atom is 0.125 e. The first-order valence-electron chi connectivity index (χ1n) is 7.99. The molecule has 2 heterocycles. The molecule has 0 saturated carbocycles. The number of hydrogen-bond acceptors (Lipinski definition) is 4. The molecular formula is C17H26N2O2. The average Bonchev–Trinajstić information content (AvgIpc) is 2.50. The van der Waals surface area contributed by atoms with Gasteiger partial charge in [-0.25, -0.2) is 0 Å². The van der Waals surface area contributed by atoms with E-state index in [0.29, 0.717) is 12.0 Å². The highest BCUT2D eigenvalue weighted by Crippen LogP contribution is 2.46. The fourth-order valence-corrected chi connectivity index (χ4v) is 3.67. The van der Waals surface area contributed by atoms with Crippen LogP contribution in [0.25, 0.3) is 0 Å². The van der Waals surface area contributed by atoms with Crippen molar-refractivity contribution < 1.29 is 9.47 Å². The standard InChI is InChI=1S/C17H26N2O2/c1-4-19-15-10-17(7-8-18-11-12(17)2)21-16-6-5-13(20-3)9-14(15)16/h5-6,9,12,15,18-19H,4,7-8,10-11H2,1-3H3. The average molecular weight is 290 g/mol. The maximum absolute atomic E-state index is 6.51. The zero-order chi connectivity index (χ0) is 14.9. The topological polar surface area (TPSA) is 42.5 Å². The van der Waals surface area contributed by atoms with Crippen molar-refractivity contribution in [3.63, 3.8) is 0 Å². The summed E-state index contributed by atoms with van der Waals surface area (Å²) in [7, 11) is 1.71. The van der Waals surface area contributed by atoms with E-state index in [9.17, 15) is 0 Å². The first kappa shape index (κ1) is 14.7. The number of rotatable bonds is 3. The van der Waals surface area contributed by atoms with Gasteiger partial charge in [-0.2, -0.15) is 0 Å². The zero-order valence-corrected chi connectivity index (χ0v) is 13.2. The summed E-state index contributed by atoms with van der Waals surface area (Å²) >= 11 is 0. The van der Waals surface area contributed by atoms with E-state index in [2.05, 4.69) is 36.6 Å². The highest BCUT2D eigenvalue weighted by atomic mass is 16.5. The Labute approximate surface area is 127 Å². The minimum Gasteiger partial charge on any atom is -0.497 e. The molecule has 21 heavy (non-hydrogen) atoms. The van der Waals surface area contributed by atoms with Crippen LogP contribution >= 0.6 is 0 Å². The van der Waals surface area contributed by atoms with Gasteiger partial charge in [0.2, 0.25) is 0 Å². The van der Waals surface area contributed by atoms with Crippen LogP contribution in [0, 0.1) is 5.92 Å². The molecule has 4 heteroatoms. The minimum atomic E-state index is -0.0420. The Hall–Kier alpha value is -1.26. The second-order valence-corrected chi connectivity index (χ2v) is 6.24. The zero-order valence-electron chi connectivity index (χ0n) is 13.2. The SMILES string of the molecule is CCNC1CC2(CCNCC2C)Oc2ccc(OC)cc21. The smallest absolute Gasteiger partial charge is 0.125 e. The highest BCUT2D eigenvalue weighted by Gasteiger charge is 2.46. The maximum atomic E-state index is 6.51. The van der Waals surface area contributed by atoms with E-state index >= 15 is 0 Å². The van der Waals surface area contributed by atoms with Crippen molar-refractivity contribution in [2.24, 2.45) is 5.92 Å². The third kappa shape index (κ3) is 2.62. The van der Waals surface area contributed by atoms with Crippen molar-refractivity contribution in [1.29, 1.82) is 0 Å². The summed E-state index contributed by atoms with van der Waals surface area (Å²) < 4.78 is 11.9. The van der Waals surface area contributed by atoms with E-state index < -0.39 is 0 Å². The van der Waals surface area contributed by atoms with Gasteiger partial charge in [-0.1, -0.05) is 13.8 Å². The van der Waals surface area contributed by atoms with Crippen LogP contribution in [0.3, 0.4) is 0 Å². The molecule has 116 valence electrons. The molecule has 2 N–H and O–H groups in total. The van der Waals surface area contributed by atoms with Crippen molar-refractivity contribution >= 4 is 0 Å². The van der Waals surface area contributed by atoms with Crippen molar-refractivity contribution in [1.82, 2.24) is 10.6 Å². The van der Waals surface area contributed by atoms with Crippen LogP contribution in [0.2, 0.25) is 0 Å². The number of ether oxygens (including phenoxy) is 2. The summed E-state index contributed by atoms with van der Waals surface area (Å²) in [5.74, 6) is 2.43. The lowest BCUT2D eigenvalue weighted by molar-refractivity contribution is -0.0372. The van der Waals surface area contributed by atoms with Gasteiger partial charge >= 0.3 is 0 Å². The number of methoxy groups -OCH3 is 1. The fraction of sp³-hybridized carbons (Fsp3) is 0.647. The largest absolute Gasteiger partial charge is 0.497 e. The minimum absolute atomic E-state index is 0.0420. The van der Waals surface area contributed by atoms with E-state index in [-0.39, 0.29) is 5.60 Å². The van der Waals surface area contributed by atoms with Crippen LogP contribution in [0.4, 0.5) is 0 Å². The molecule has 1 aromatic carbocycles. The lowest BCUT2D eigenvalue weighted by Gasteiger charge is -2.48. The Morgan fingerprint density at radius 1 is 1.48 bits per heavy atom. The van der Waals surface area contributed by atoms with Crippen molar-refractivity contribution in [2.45, 2.75) is 38.3 Å². The van der Waals surface area contributed by atoms with Gasteiger partial charge in [0.25, 0.3) is 0 Å². The summed E-state index contributed by atoms with van der Waals surface area (Å²) in [4.78, 5) is 0. The van der Waals surface area contributed by atoms with Crippen LogP contribution < -0.4 is 20.1 Å². The monoisotopic (exact) mass is 290 g/mol. The molecule has 0 aromatic heterocycles. The molecule has 2 aliphatic rings. The third-order valence-corrected chi connectivity index (χ3v) is 4.98. The normalized spacial score (nSPS) is 31.6. The fourth-order valence-electron chi connectivity index (χ4n) is 3.67. The Bertz CT molecular complexity index is 506. The van der Waals surface area contributed by atoms with E-state index in [0.717, 1.165) is 44.0 Å². The molecule has 0 amide bonds. The molecule has 3 unspecified atom stereocenters. The van der Waals surface area contributed by atoms with Gasteiger partial charge in [0.1, 0.15) is 17.1 Å². The van der Waals surface area contributed by atoms with Crippen LogP contribution in [-0.4, -0.2) is 32.3 Å². The summed E-state index contributed by atoms with van der Waals surface area (Å²) in [5.41, 5.74) is 1.19. The van der Waals surface area contributed by atoms with E-state index in [1.165, 1.54) is 5.56 Å². The molecule has 0 aliphatic carbocycles. The van der Waals surface area contributed by atoms with Crippen LogP contribution in [0.1, 0.15) is 38.3 Å². The van der Waals surface area contributed by atoms with Gasteiger partial charge in [-0.3, -0.25) is 0 Å². The quantitative estimate of drug-likeness (QED) is 0.897. The van der Waals surface area contributed by atoms with Gasteiger partial charge < -0.3 is 20.1 Å². The number of piperidine rings is 1. The number of nitrogens with one attached hydrogen (secondary N) is 2. The summed E-state index contributed by atoms with van der Waals surface area (Å²) in [6.45, 7) is 7.49. The van der Waals surface area contributed by atoms with Crippen molar-refractivity contribution in [3.05, 3.63) is 23.8 Å². The third-order valence-electron chi connectivity index (χ3n) is 4.98. The highest BCUT2D eigenvalue weighted by molar-refractivity contribution is 5.44. The van der Waals surface area contributed by atoms with Crippen LogP contribution in [-0.2, 0) is 0 Å². The van der Waals surface area contributed by atoms with Crippen molar-refractivity contribution in [2.75, 3.05) is 26.7 Å². The molecule has 1 fully saturated rings. The predicted molar refractivity (Wildman–Crippen MR) is 84.0 cm³/mol. The van der Waals surface area contributed by atoms with Gasteiger partial charge in [-0.15, -0.1) is 0 Å². The first-order chi connectivity index (χ1) is 10.2. The van der Waals surface area contributed by atoms with E-state index in [1.807, 2.05) is 6.07 Å². The lowest BCUT2D eigenvalue weighted by Crippen LogP contribution is -2.56. The molecule has 0 radical (unpaired) electrons. The summed E-state index contributed by atoms with van der Waals surface area (Å²) in [6, 6.07) is 6.51. The van der Waals surface area contributed by atoms with Gasteiger partial charge in [0, 0.05) is 30.5 Å². The van der Waals surface area contributed by atoms with Gasteiger partial charge in [-0.05, 0) is 37.7 Å². The molecule has 1 saturated heterocycles. The lowest BCUT2D eigenvalue weighted by atomic mass is 9.75.